The normalized spacial score (nSPS) is 30.5. The third kappa shape index (κ3) is 2.35. The van der Waals surface area contributed by atoms with E-state index in [4.69, 9.17) is 17.0 Å². The summed E-state index contributed by atoms with van der Waals surface area (Å²) in [6.07, 6.45) is 2.11. The van der Waals surface area contributed by atoms with Crippen LogP contribution in [-0.4, -0.2) is 34.3 Å². The first-order chi connectivity index (χ1) is 9.99. The zero-order chi connectivity index (χ0) is 15.2. The fraction of sp³-hybridized carbons (Fsp3) is 0.533. The number of thiocarbonyl (C=S) groups is 1. The molecule has 21 heavy (non-hydrogen) atoms. The van der Waals surface area contributed by atoms with Crippen LogP contribution in [0.1, 0.15) is 25.5 Å². The average Bonchev–Trinajstić information content (AvgIpc) is 2.44. The van der Waals surface area contributed by atoms with Gasteiger partial charge in [0.2, 0.25) is 0 Å². The Morgan fingerprint density at radius 1 is 1.52 bits per heavy atom. The van der Waals surface area contributed by atoms with E-state index in [2.05, 4.69) is 52.3 Å². The third-order valence-corrected chi connectivity index (χ3v) is 6.12. The van der Waals surface area contributed by atoms with Gasteiger partial charge in [-0.25, -0.2) is 0 Å². The van der Waals surface area contributed by atoms with Gasteiger partial charge in [0.1, 0.15) is 5.75 Å². The van der Waals surface area contributed by atoms with E-state index < -0.39 is 5.72 Å². The molecular weight excluding hydrogens is 368 g/mol. The van der Waals surface area contributed by atoms with E-state index in [1.807, 2.05) is 23.9 Å². The van der Waals surface area contributed by atoms with Crippen LogP contribution in [0.2, 0.25) is 0 Å². The van der Waals surface area contributed by atoms with E-state index in [0.29, 0.717) is 5.92 Å². The second kappa shape index (κ2) is 5.63. The molecule has 0 amide bonds. The highest BCUT2D eigenvalue weighted by Crippen LogP contribution is 2.50. The van der Waals surface area contributed by atoms with Gasteiger partial charge in [-0.2, -0.15) is 11.8 Å². The van der Waals surface area contributed by atoms with Gasteiger partial charge in [-0.3, -0.25) is 0 Å². The largest absolute Gasteiger partial charge is 0.466 e. The minimum Gasteiger partial charge on any atom is -0.466 e. The van der Waals surface area contributed by atoms with Gasteiger partial charge >= 0.3 is 0 Å². The molecule has 6 heteroatoms. The quantitative estimate of drug-likeness (QED) is 0.796. The van der Waals surface area contributed by atoms with Gasteiger partial charge in [-0.1, -0.05) is 19.1 Å². The Morgan fingerprint density at radius 2 is 2.29 bits per heavy atom. The first-order valence-corrected chi connectivity index (χ1v) is 9.63. The zero-order valence-corrected chi connectivity index (χ0v) is 15.6. The number of para-hydroxylation sites is 1. The van der Waals surface area contributed by atoms with Gasteiger partial charge in [0.15, 0.2) is 10.8 Å². The van der Waals surface area contributed by atoms with E-state index in [1.54, 1.807) is 0 Å². The Hall–Kier alpha value is -0.460. The van der Waals surface area contributed by atoms with Crippen molar-refractivity contribution < 1.29 is 4.74 Å². The van der Waals surface area contributed by atoms with Gasteiger partial charge in [-0.15, -0.1) is 0 Å². The summed E-state index contributed by atoms with van der Waals surface area (Å²) in [5.74, 6) is 2.28. The molecule has 1 fully saturated rings. The first kappa shape index (κ1) is 15.4. The number of benzene rings is 1. The summed E-state index contributed by atoms with van der Waals surface area (Å²) >= 11 is 11.0. The molecule has 2 aliphatic heterocycles. The minimum atomic E-state index is -0.403. The Kier molecular flexibility index (Phi) is 4.14. The van der Waals surface area contributed by atoms with Crippen molar-refractivity contribution in [2.75, 3.05) is 18.6 Å². The van der Waals surface area contributed by atoms with E-state index >= 15 is 0 Å². The number of hydrogen-bond donors (Lipinski definition) is 1. The number of nitrogens with one attached hydrogen (secondary N) is 1. The molecule has 0 spiro atoms. The van der Waals surface area contributed by atoms with E-state index in [1.165, 1.54) is 5.56 Å². The number of rotatable bonds is 3. The van der Waals surface area contributed by atoms with Crippen LogP contribution in [0, 0.1) is 5.92 Å². The fourth-order valence-electron chi connectivity index (χ4n) is 3.18. The highest BCUT2D eigenvalue weighted by Gasteiger charge is 2.53. The summed E-state index contributed by atoms with van der Waals surface area (Å²) in [5.41, 5.74) is 0.779. The Morgan fingerprint density at radius 3 is 3.00 bits per heavy atom. The lowest BCUT2D eigenvalue weighted by molar-refractivity contribution is -0.108. The summed E-state index contributed by atoms with van der Waals surface area (Å²) < 4.78 is 7.46. The monoisotopic (exact) mass is 386 g/mol. The van der Waals surface area contributed by atoms with E-state index in [-0.39, 0.29) is 6.04 Å². The highest BCUT2D eigenvalue weighted by molar-refractivity contribution is 9.10. The van der Waals surface area contributed by atoms with Crippen LogP contribution in [0.25, 0.3) is 0 Å². The van der Waals surface area contributed by atoms with Crippen molar-refractivity contribution in [2.45, 2.75) is 25.6 Å². The van der Waals surface area contributed by atoms with Crippen molar-refractivity contribution in [1.29, 1.82) is 0 Å². The topological polar surface area (TPSA) is 24.5 Å². The van der Waals surface area contributed by atoms with Gasteiger partial charge < -0.3 is 15.0 Å². The van der Waals surface area contributed by atoms with Crippen LogP contribution in [0.3, 0.4) is 0 Å². The maximum atomic E-state index is 6.46. The predicted molar refractivity (Wildman–Crippen MR) is 95.9 cm³/mol. The molecule has 2 bridgehead atoms. The number of nitrogens with zero attached hydrogens (tertiary/aromatic N) is 1. The standard InChI is InChI=1S/C15H19BrN2OS2/c1-9-12-10-5-4-6-11(16)13(10)19-15(9,2)18(7-8-21-3)14(20)17-12/h4-6,9,12H,7-8H2,1-3H3,(H,17,20). The minimum absolute atomic E-state index is 0.203. The Balaban J connectivity index is 2.05. The number of halogens is 1. The molecule has 2 heterocycles. The van der Waals surface area contributed by atoms with Gasteiger partial charge in [-0.05, 0) is 47.4 Å². The molecule has 3 rings (SSSR count). The summed E-state index contributed by atoms with van der Waals surface area (Å²) in [6.45, 7) is 5.27. The van der Waals surface area contributed by atoms with Crippen LogP contribution < -0.4 is 10.1 Å². The van der Waals surface area contributed by atoms with Crippen molar-refractivity contribution in [3.8, 4) is 5.75 Å². The van der Waals surface area contributed by atoms with Crippen LogP contribution in [0.5, 0.6) is 5.75 Å². The second-order valence-corrected chi connectivity index (χ2v) is 7.90. The lowest BCUT2D eigenvalue weighted by atomic mass is 9.81. The number of ether oxygens (including phenoxy) is 1. The van der Waals surface area contributed by atoms with Crippen molar-refractivity contribution in [2.24, 2.45) is 5.92 Å². The van der Waals surface area contributed by atoms with Crippen LogP contribution in [0.4, 0.5) is 0 Å². The van der Waals surface area contributed by atoms with Gasteiger partial charge in [0.05, 0.1) is 10.5 Å². The Labute approximate surface area is 143 Å². The van der Waals surface area contributed by atoms with Crippen molar-refractivity contribution in [3.05, 3.63) is 28.2 Å². The molecule has 0 radical (unpaired) electrons. The average molecular weight is 387 g/mol. The second-order valence-electron chi connectivity index (χ2n) is 5.68. The number of fused-ring (bicyclic) bond motifs is 4. The molecule has 2 aliphatic rings. The lowest BCUT2D eigenvalue weighted by Crippen LogP contribution is -2.69. The molecule has 114 valence electrons. The summed E-state index contributed by atoms with van der Waals surface area (Å²) in [7, 11) is 0. The maximum absolute atomic E-state index is 6.46. The molecule has 1 N–H and O–H groups in total. The molecule has 3 unspecified atom stereocenters. The summed E-state index contributed by atoms with van der Waals surface area (Å²) in [6, 6.07) is 6.40. The summed E-state index contributed by atoms with van der Waals surface area (Å²) in [4.78, 5) is 2.20. The van der Waals surface area contributed by atoms with E-state index in [0.717, 1.165) is 27.6 Å². The number of thioether (sulfide) groups is 1. The van der Waals surface area contributed by atoms with Gasteiger partial charge in [0.25, 0.3) is 0 Å². The SMILES string of the molecule is CSCCN1C(=S)NC2c3cccc(Br)c3OC1(C)C2C. The molecule has 1 saturated heterocycles. The zero-order valence-electron chi connectivity index (χ0n) is 12.4. The molecule has 0 aromatic heterocycles. The van der Waals surface area contributed by atoms with Crippen LogP contribution in [-0.2, 0) is 0 Å². The highest BCUT2D eigenvalue weighted by atomic mass is 79.9. The van der Waals surface area contributed by atoms with Crippen LogP contribution >= 0.6 is 39.9 Å². The van der Waals surface area contributed by atoms with Crippen molar-refractivity contribution in [1.82, 2.24) is 10.2 Å². The molecule has 1 aromatic rings. The molecule has 3 nitrogen and oxygen atoms in total. The lowest BCUT2D eigenvalue weighted by Gasteiger charge is -2.56. The molecule has 1 aromatic carbocycles. The molecule has 3 atom stereocenters. The first-order valence-electron chi connectivity index (χ1n) is 7.03. The van der Waals surface area contributed by atoms with Crippen LogP contribution in [0.15, 0.2) is 22.7 Å². The summed E-state index contributed by atoms with van der Waals surface area (Å²) in [5, 5.41) is 4.30. The Bertz CT molecular complexity index is 583. The third-order valence-electron chi connectivity index (χ3n) is 4.57. The predicted octanol–water partition coefficient (Wildman–Crippen LogP) is 3.79. The van der Waals surface area contributed by atoms with Gasteiger partial charge in [0, 0.05) is 23.8 Å². The number of hydrogen-bond acceptors (Lipinski definition) is 3. The maximum Gasteiger partial charge on any atom is 0.186 e. The van der Waals surface area contributed by atoms with E-state index in [9.17, 15) is 0 Å². The molecular formula is C15H19BrN2OS2. The van der Waals surface area contributed by atoms with Crippen molar-refractivity contribution in [3.63, 3.8) is 0 Å². The molecule has 0 saturated carbocycles. The molecule has 0 aliphatic carbocycles. The fourth-order valence-corrected chi connectivity index (χ4v) is 4.41. The smallest absolute Gasteiger partial charge is 0.186 e. The van der Waals surface area contributed by atoms with Crippen molar-refractivity contribution >= 4 is 45.0 Å².